The van der Waals surface area contributed by atoms with Gasteiger partial charge in [-0.3, -0.25) is 5.43 Å². The quantitative estimate of drug-likeness (QED) is 0.277. The third-order valence-electron chi connectivity index (χ3n) is 0.905. The molecule has 0 rings (SSSR count). The van der Waals surface area contributed by atoms with E-state index in [1.54, 1.807) is 6.92 Å². The number of esters is 1. The molecule has 0 fully saturated rings. The van der Waals surface area contributed by atoms with Gasteiger partial charge in [0.05, 0.1) is 6.61 Å². The number of hydrogen-bond donors (Lipinski definition) is 2. The number of ether oxygens (including phenoxy) is 1. The van der Waals surface area contributed by atoms with Gasteiger partial charge in [-0.2, -0.15) is 5.10 Å². The molecule has 0 aliphatic heterocycles. The van der Waals surface area contributed by atoms with Crippen molar-refractivity contribution in [3.63, 3.8) is 0 Å². The van der Waals surface area contributed by atoms with Crippen molar-refractivity contribution in [2.45, 2.75) is 13.8 Å². The van der Waals surface area contributed by atoms with Crippen LogP contribution in [0.1, 0.15) is 13.8 Å². The number of hydrogen-bond acceptors (Lipinski definition) is 4. The van der Waals surface area contributed by atoms with Crippen LogP contribution in [0.25, 0.3) is 0 Å². The summed E-state index contributed by atoms with van der Waals surface area (Å²) in [6, 6.07) is 0. The monoisotopic (exact) mass is 189 g/mol. The molecule has 3 N–H and O–H groups in total. The SMILES string of the molecule is CCOC(=O)C(C)=NNC(N)=S. The zero-order valence-electron chi connectivity index (χ0n) is 6.96. The maximum absolute atomic E-state index is 10.9. The third-order valence-corrected chi connectivity index (χ3v) is 0.996. The van der Waals surface area contributed by atoms with E-state index in [2.05, 4.69) is 27.5 Å². The molecule has 0 aliphatic carbocycles. The fraction of sp³-hybridized carbons (Fsp3) is 0.500. The van der Waals surface area contributed by atoms with Gasteiger partial charge in [0, 0.05) is 0 Å². The van der Waals surface area contributed by atoms with Gasteiger partial charge in [-0.1, -0.05) is 0 Å². The number of nitrogens with two attached hydrogens (primary N) is 1. The van der Waals surface area contributed by atoms with Crippen molar-refractivity contribution in [3.8, 4) is 0 Å². The first kappa shape index (κ1) is 10.8. The normalized spacial score (nSPS) is 10.7. The van der Waals surface area contributed by atoms with Crippen LogP contribution in [0.3, 0.4) is 0 Å². The van der Waals surface area contributed by atoms with E-state index in [4.69, 9.17) is 5.73 Å². The van der Waals surface area contributed by atoms with E-state index in [0.29, 0.717) is 6.61 Å². The average molecular weight is 189 g/mol. The predicted octanol–water partition coefficient (Wildman–Crippen LogP) is -0.241. The predicted molar refractivity (Wildman–Crippen MR) is 49.7 cm³/mol. The molecular formula is C6H11N3O2S. The highest BCUT2D eigenvalue weighted by Gasteiger charge is 2.05. The van der Waals surface area contributed by atoms with E-state index in [1.807, 2.05) is 0 Å². The number of nitrogens with one attached hydrogen (secondary N) is 1. The molecule has 0 aromatic rings. The highest BCUT2D eigenvalue weighted by Crippen LogP contribution is 1.82. The molecule has 0 aromatic heterocycles. The van der Waals surface area contributed by atoms with Crippen molar-refractivity contribution in [3.05, 3.63) is 0 Å². The molecule has 0 amide bonds. The molecule has 0 saturated heterocycles. The molecule has 5 nitrogen and oxygen atoms in total. The van der Waals surface area contributed by atoms with Crippen LogP contribution in [-0.2, 0) is 9.53 Å². The Morgan fingerprint density at radius 1 is 1.75 bits per heavy atom. The van der Waals surface area contributed by atoms with Crippen LogP contribution in [-0.4, -0.2) is 23.4 Å². The molecule has 6 heteroatoms. The van der Waals surface area contributed by atoms with E-state index in [-0.39, 0.29) is 10.8 Å². The fourth-order valence-corrected chi connectivity index (χ4v) is 0.466. The van der Waals surface area contributed by atoms with Crippen LogP contribution < -0.4 is 11.2 Å². The second-order valence-corrected chi connectivity index (χ2v) is 2.33. The molecule has 0 aromatic carbocycles. The van der Waals surface area contributed by atoms with Gasteiger partial charge in [-0.25, -0.2) is 4.79 Å². The topological polar surface area (TPSA) is 76.7 Å². The molecular weight excluding hydrogens is 178 g/mol. The molecule has 0 heterocycles. The van der Waals surface area contributed by atoms with Gasteiger partial charge in [0.2, 0.25) is 0 Å². The van der Waals surface area contributed by atoms with Crippen molar-refractivity contribution in [2.24, 2.45) is 10.8 Å². The van der Waals surface area contributed by atoms with E-state index in [1.165, 1.54) is 6.92 Å². The summed E-state index contributed by atoms with van der Waals surface area (Å²) in [6.45, 7) is 3.54. The zero-order chi connectivity index (χ0) is 9.56. The third kappa shape index (κ3) is 4.62. The minimum Gasteiger partial charge on any atom is -0.461 e. The van der Waals surface area contributed by atoms with Crippen LogP contribution in [0.4, 0.5) is 0 Å². The number of thiocarbonyl (C=S) groups is 1. The first-order chi connectivity index (χ1) is 5.57. The van der Waals surface area contributed by atoms with Crippen molar-refractivity contribution in [1.29, 1.82) is 0 Å². The molecule has 0 atom stereocenters. The van der Waals surface area contributed by atoms with Crippen molar-refractivity contribution >= 4 is 29.0 Å². The molecule has 0 saturated carbocycles. The molecule has 68 valence electrons. The first-order valence-corrected chi connectivity index (χ1v) is 3.75. The summed E-state index contributed by atoms with van der Waals surface area (Å²) in [6.07, 6.45) is 0. The number of nitrogens with zero attached hydrogens (tertiary/aromatic N) is 1. The second kappa shape index (κ2) is 5.48. The van der Waals surface area contributed by atoms with Gasteiger partial charge in [0.25, 0.3) is 0 Å². The summed E-state index contributed by atoms with van der Waals surface area (Å²) in [5.41, 5.74) is 7.54. The Morgan fingerprint density at radius 3 is 2.75 bits per heavy atom. The zero-order valence-corrected chi connectivity index (χ0v) is 7.77. The lowest BCUT2D eigenvalue weighted by Crippen LogP contribution is -2.27. The Bertz CT molecular complexity index is 215. The van der Waals surface area contributed by atoms with Gasteiger partial charge in [-0.15, -0.1) is 0 Å². The molecule has 0 radical (unpaired) electrons. The van der Waals surface area contributed by atoms with E-state index < -0.39 is 5.97 Å². The van der Waals surface area contributed by atoms with E-state index >= 15 is 0 Å². The summed E-state index contributed by atoms with van der Waals surface area (Å²) in [7, 11) is 0. The maximum atomic E-state index is 10.9. The van der Waals surface area contributed by atoms with Crippen molar-refractivity contribution < 1.29 is 9.53 Å². The van der Waals surface area contributed by atoms with Crippen molar-refractivity contribution in [2.75, 3.05) is 6.61 Å². The van der Waals surface area contributed by atoms with Crippen LogP contribution in [0.15, 0.2) is 5.10 Å². The lowest BCUT2D eigenvalue weighted by Gasteiger charge is -2.00. The van der Waals surface area contributed by atoms with E-state index in [0.717, 1.165) is 0 Å². The Labute approximate surface area is 76.0 Å². The lowest BCUT2D eigenvalue weighted by atomic mass is 10.4. The summed E-state index contributed by atoms with van der Waals surface area (Å²) in [4.78, 5) is 10.9. The standard InChI is InChI=1S/C6H11N3O2S/c1-3-11-5(10)4(2)8-9-6(7)12/h3H2,1-2H3,(H3,7,9,12). The number of carbonyl (C=O) groups excluding carboxylic acids is 1. The van der Waals surface area contributed by atoms with Crippen LogP contribution in [0.2, 0.25) is 0 Å². The molecule has 0 spiro atoms. The summed E-state index contributed by atoms with van der Waals surface area (Å²) >= 11 is 4.47. The van der Waals surface area contributed by atoms with Crippen molar-refractivity contribution in [1.82, 2.24) is 5.43 Å². The molecule has 0 aliphatic rings. The number of rotatable bonds is 3. The largest absolute Gasteiger partial charge is 0.461 e. The first-order valence-electron chi connectivity index (χ1n) is 3.34. The highest BCUT2D eigenvalue weighted by atomic mass is 32.1. The summed E-state index contributed by atoms with van der Waals surface area (Å²) in [5.74, 6) is -0.485. The Morgan fingerprint density at radius 2 is 2.33 bits per heavy atom. The van der Waals surface area contributed by atoms with E-state index in [9.17, 15) is 4.79 Å². The molecule has 0 bridgehead atoms. The minimum absolute atomic E-state index is 0.0126. The van der Waals surface area contributed by atoms with Gasteiger partial charge >= 0.3 is 5.97 Å². The van der Waals surface area contributed by atoms with Gasteiger partial charge in [0.1, 0.15) is 5.71 Å². The van der Waals surface area contributed by atoms with Crippen LogP contribution in [0, 0.1) is 0 Å². The molecule has 12 heavy (non-hydrogen) atoms. The van der Waals surface area contributed by atoms with Crippen LogP contribution in [0.5, 0.6) is 0 Å². The van der Waals surface area contributed by atoms with Gasteiger partial charge in [-0.05, 0) is 26.1 Å². The number of hydrazone groups is 1. The Kier molecular flexibility index (Phi) is 4.94. The second-order valence-electron chi connectivity index (χ2n) is 1.89. The van der Waals surface area contributed by atoms with Gasteiger partial charge < -0.3 is 10.5 Å². The highest BCUT2D eigenvalue weighted by molar-refractivity contribution is 7.80. The fourth-order valence-electron chi connectivity index (χ4n) is 0.420. The smallest absolute Gasteiger partial charge is 0.354 e. The van der Waals surface area contributed by atoms with Gasteiger partial charge in [0.15, 0.2) is 5.11 Å². The molecule has 0 unspecified atom stereocenters. The Hall–Kier alpha value is -1.17. The average Bonchev–Trinajstić information content (AvgIpc) is 2.00. The minimum atomic E-state index is -0.485. The van der Waals surface area contributed by atoms with Crippen LogP contribution >= 0.6 is 12.2 Å². The number of carbonyl (C=O) groups is 1. The summed E-state index contributed by atoms with van der Waals surface area (Å²) < 4.78 is 4.64. The maximum Gasteiger partial charge on any atom is 0.354 e. The summed E-state index contributed by atoms with van der Waals surface area (Å²) in [5, 5.41) is 3.58. The lowest BCUT2D eigenvalue weighted by molar-refractivity contribution is -0.135. The Balaban J connectivity index is 3.99.